The number of hydrogen-bond acceptors (Lipinski definition) is 15. The minimum absolute atomic E-state index is 0.0381. The molecule has 2 atom stereocenters. The van der Waals surface area contributed by atoms with Gasteiger partial charge >= 0.3 is 18.5 Å². The number of carbonyl (C=O) groups excluding carboxylic acids is 1. The quantitative estimate of drug-likeness (QED) is 0.0888. The highest BCUT2D eigenvalue weighted by atomic mass is 19.4. The van der Waals surface area contributed by atoms with Crippen molar-refractivity contribution in [2.24, 2.45) is 0 Å². The molecule has 0 spiro atoms. The number of halogens is 6. The fourth-order valence-corrected chi connectivity index (χ4v) is 6.12. The van der Waals surface area contributed by atoms with Crippen LogP contribution in [0.1, 0.15) is 36.9 Å². The lowest BCUT2D eigenvalue weighted by molar-refractivity contribution is -0.145. The smallest absolute Gasteiger partial charge is 0.410 e. The Morgan fingerprint density at radius 3 is 1.50 bits per heavy atom. The van der Waals surface area contributed by atoms with Gasteiger partial charge in [0.25, 0.3) is 0 Å². The topological polar surface area (TPSA) is 239 Å². The number of hydrogen-bond donors (Lipinski definition) is 4. The van der Waals surface area contributed by atoms with Crippen molar-refractivity contribution in [1.29, 1.82) is 0 Å². The molecule has 0 bridgehead atoms. The lowest BCUT2D eigenvalue weighted by Crippen LogP contribution is -2.25. The summed E-state index contributed by atoms with van der Waals surface area (Å²) in [5, 5.41) is 17.2. The van der Waals surface area contributed by atoms with Crippen LogP contribution in [0.5, 0.6) is 0 Å². The van der Waals surface area contributed by atoms with Crippen LogP contribution in [0.15, 0.2) is 62.0 Å². The molecular weight excluding hydrogens is 810 g/mol. The number of alkyl halides is 6. The van der Waals surface area contributed by atoms with Gasteiger partial charge in [0.1, 0.15) is 34.2 Å². The number of aromatic amines is 2. The third kappa shape index (κ3) is 7.80. The summed E-state index contributed by atoms with van der Waals surface area (Å²) in [6.07, 6.45) is -0.363. The maximum Gasteiger partial charge on any atom is 0.512 e. The second-order valence-corrected chi connectivity index (χ2v) is 12.8. The van der Waals surface area contributed by atoms with Crippen molar-refractivity contribution in [1.82, 2.24) is 88.8 Å². The number of nitrogens with zero attached hydrogens (tertiary/aromatic N) is 14. The van der Waals surface area contributed by atoms with Gasteiger partial charge in [0.2, 0.25) is 34.9 Å². The summed E-state index contributed by atoms with van der Waals surface area (Å²) in [5.41, 5.74) is 0.796. The molecule has 312 valence electrons. The first-order valence-electron chi connectivity index (χ1n) is 17.7. The number of nitrogens with one attached hydrogen (secondary N) is 4. The van der Waals surface area contributed by atoms with E-state index in [4.69, 9.17) is 9.47 Å². The summed E-state index contributed by atoms with van der Waals surface area (Å²) >= 11 is 0. The molecule has 60 heavy (non-hydrogen) atoms. The van der Waals surface area contributed by atoms with Crippen LogP contribution in [0.3, 0.4) is 0 Å². The number of carbonyl (C=O) groups is 1. The normalized spacial score (nSPS) is 13.3. The molecule has 8 heterocycles. The first-order chi connectivity index (χ1) is 28.8. The molecule has 0 radical (unpaired) electrons. The molecule has 0 aliphatic heterocycles. The van der Waals surface area contributed by atoms with Crippen molar-refractivity contribution in [3.05, 3.63) is 73.6 Å². The van der Waals surface area contributed by atoms with Crippen molar-refractivity contribution < 1.29 is 40.6 Å². The van der Waals surface area contributed by atoms with Gasteiger partial charge in [-0.3, -0.25) is 19.0 Å². The van der Waals surface area contributed by atoms with Crippen LogP contribution in [-0.2, 0) is 21.8 Å². The third-order valence-corrected chi connectivity index (χ3v) is 8.84. The summed E-state index contributed by atoms with van der Waals surface area (Å²) in [5.74, 6) is -3.04. The lowest BCUT2D eigenvalue weighted by Gasteiger charge is -2.22. The number of aromatic nitrogens is 16. The summed E-state index contributed by atoms with van der Waals surface area (Å²) in [6, 6.07) is 3.19. The molecule has 0 aromatic carbocycles. The van der Waals surface area contributed by atoms with E-state index in [1.807, 2.05) is 10.2 Å². The fourth-order valence-electron chi connectivity index (χ4n) is 6.12. The number of fused-ring (bicyclic) bond motifs is 2. The number of rotatable bonds is 14. The number of H-pyrrole nitrogens is 2. The Balaban J connectivity index is 1.07. The molecule has 27 heteroatoms. The first kappa shape index (κ1) is 39.5. The molecule has 0 saturated carbocycles. The standard InChI is InChI=1S/C33H30F6N18O3/c1-40-9-5-19(54-13-17(44-15-54)23-21(46-29-42-7-3-11-56(23)29)25-48-27(52-50-25)32(34,35)36)59-31(58)60-20(6-10-41-2)55-14-18(45-16-55)24-22(47-30-43-8-4-12-57(24)30)26-49-28(53-51-26)33(37,38)39/h3-4,7-8,11-16,19-20,40-41H,5-6,9-10H2,1-2H3,(H,48,50,52)(H,49,51,53). The average molecular weight is 841 g/mol. The lowest BCUT2D eigenvalue weighted by atomic mass is 10.2. The van der Waals surface area contributed by atoms with E-state index in [0.29, 0.717) is 13.1 Å². The van der Waals surface area contributed by atoms with E-state index in [1.165, 1.54) is 55.4 Å². The van der Waals surface area contributed by atoms with Gasteiger partial charge in [-0.15, -0.1) is 0 Å². The molecule has 0 aliphatic rings. The Bertz CT molecular complexity index is 2580. The zero-order valence-corrected chi connectivity index (χ0v) is 31.0. The molecule has 8 aromatic rings. The second kappa shape index (κ2) is 15.8. The molecule has 0 fully saturated rings. The average Bonchev–Trinajstić information content (AvgIpc) is 4.07. The molecule has 0 amide bonds. The largest absolute Gasteiger partial charge is 0.512 e. The molecule has 2 unspecified atom stereocenters. The van der Waals surface area contributed by atoms with Gasteiger partial charge in [-0.2, -0.15) is 36.5 Å². The summed E-state index contributed by atoms with van der Waals surface area (Å²) < 4.78 is 98.1. The molecule has 21 nitrogen and oxygen atoms in total. The first-order valence-corrected chi connectivity index (χ1v) is 17.7. The van der Waals surface area contributed by atoms with Gasteiger partial charge in [0.05, 0.1) is 12.7 Å². The Labute approximate surface area is 331 Å². The molecule has 0 aliphatic carbocycles. The maximum atomic E-state index is 13.6. The highest BCUT2D eigenvalue weighted by Gasteiger charge is 2.37. The van der Waals surface area contributed by atoms with E-state index in [-0.39, 0.29) is 70.2 Å². The van der Waals surface area contributed by atoms with Crippen LogP contribution in [0, 0.1) is 0 Å². The highest BCUT2D eigenvalue weighted by Crippen LogP contribution is 2.35. The second-order valence-electron chi connectivity index (χ2n) is 12.8. The van der Waals surface area contributed by atoms with Gasteiger partial charge in [0, 0.05) is 63.1 Å². The van der Waals surface area contributed by atoms with E-state index >= 15 is 0 Å². The van der Waals surface area contributed by atoms with E-state index in [0.717, 1.165) is 0 Å². The third-order valence-electron chi connectivity index (χ3n) is 8.84. The van der Waals surface area contributed by atoms with Gasteiger partial charge < -0.3 is 29.2 Å². The van der Waals surface area contributed by atoms with Crippen LogP contribution >= 0.6 is 0 Å². The zero-order chi connectivity index (χ0) is 42.2. The van der Waals surface area contributed by atoms with Gasteiger partial charge in [-0.1, -0.05) is 0 Å². The van der Waals surface area contributed by atoms with E-state index < -0.39 is 42.6 Å². The Morgan fingerprint density at radius 2 is 1.12 bits per heavy atom. The van der Waals surface area contributed by atoms with Crippen molar-refractivity contribution in [3.63, 3.8) is 0 Å². The maximum absolute atomic E-state index is 13.6. The SMILES string of the molecule is CNCCC(OC(=O)OC(CCNC)n1cnc(-c2c(-c3n[nH]c(C(F)(F)F)n3)nc3ncccn23)c1)n1cnc(-c2c(-c3n[nH]c(C(F)(F)F)n3)nc3ncccn23)c1. The summed E-state index contributed by atoms with van der Waals surface area (Å²) in [4.78, 5) is 46.8. The Morgan fingerprint density at radius 1 is 0.683 bits per heavy atom. The van der Waals surface area contributed by atoms with Crippen LogP contribution in [0.2, 0.25) is 0 Å². The predicted octanol–water partition coefficient (Wildman–Crippen LogP) is 4.18. The Kier molecular flexibility index (Phi) is 10.4. The fraction of sp³-hybridized carbons (Fsp3) is 0.303. The summed E-state index contributed by atoms with van der Waals surface area (Å²) in [7, 11) is 3.40. The monoisotopic (exact) mass is 840 g/mol. The molecule has 4 N–H and O–H groups in total. The van der Waals surface area contributed by atoms with E-state index in [9.17, 15) is 31.1 Å². The summed E-state index contributed by atoms with van der Waals surface area (Å²) in [6.45, 7) is 0.737. The molecule has 0 saturated heterocycles. The van der Waals surface area contributed by atoms with Crippen LogP contribution in [0.4, 0.5) is 31.1 Å². The van der Waals surface area contributed by atoms with Crippen molar-refractivity contribution in [2.45, 2.75) is 37.7 Å². The van der Waals surface area contributed by atoms with Crippen molar-refractivity contribution in [3.8, 4) is 45.8 Å². The minimum atomic E-state index is -4.79. The van der Waals surface area contributed by atoms with E-state index in [1.54, 1.807) is 38.6 Å². The number of ether oxygens (including phenoxy) is 2. The van der Waals surface area contributed by atoms with Crippen LogP contribution in [0.25, 0.3) is 57.4 Å². The molecule has 8 aromatic heterocycles. The van der Waals surface area contributed by atoms with Crippen molar-refractivity contribution in [2.75, 3.05) is 27.2 Å². The van der Waals surface area contributed by atoms with Crippen LogP contribution in [-0.4, -0.2) is 112 Å². The van der Waals surface area contributed by atoms with E-state index in [2.05, 4.69) is 60.7 Å². The predicted molar refractivity (Wildman–Crippen MR) is 192 cm³/mol. The van der Waals surface area contributed by atoms with Gasteiger partial charge in [-0.05, 0) is 26.2 Å². The Hall–Kier alpha value is -7.29. The highest BCUT2D eigenvalue weighted by molar-refractivity contribution is 5.77. The minimum Gasteiger partial charge on any atom is -0.410 e. The van der Waals surface area contributed by atoms with Gasteiger partial charge in [0.15, 0.2) is 12.5 Å². The van der Waals surface area contributed by atoms with Crippen molar-refractivity contribution >= 4 is 17.7 Å². The molecule has 8 rings (SSSR count). The van der Waals surface area contributed by atoms with Crippen LogP contribution < -0.4 is 10.6 Å². The zero-order valence-electron chi connectivity index (χ0n) is 31.0. The van der Waals surface area contributed by atoms with Gasteiger partial charge in [-0.25, -0.2) is 44.7 Å². The number of imidazole rings is 4. The molecular formula is C33H30F6N18O3.